The lowest BCUT2D eigenvalue weighted by atomic mass is 10.1. The fourth-order valence-corrected chi connectivity index (χ4v) is 5.26. The first-order valence-electron chi connectivity index (χ1n) is 5.78. The van der Waals surface area contributed by atoms with Crippen LogP contribution in [-0.2, 0) is 0 Å². The average molecular weight is 250 g/mol. The average Bonchev–Trinajstić information content (AvgIpc) is 2.58. The minimum atomic E-state index is 0.556. The molecule has 14 heavy (non-hydrogen) atoms. The molecule has 0 saturated carbocycles. The van der Waals surface area contributed by atoms with E-state index < -0.39 is 0 Å². The van der Waals surface area contributed by atoms with Crippen LogP contribution in [0.3, 0.4) is 0 Å². The van der Waals surface area contributed by atoms with Gasteiger partial charge in [0.25, 0.3) is 0 Å². The van der Waals surface area contributed by atoms with Crippen LogP contribution in [0.15, 0.2) is 0 Å². The third-order valence-electron chi connectivity index (χ3n) is 2.61. The monoisotopic (exact) mass is 250 g/mol. The highest BCUT2D eigenvalue weighted by atomic mass is 32.3. The van der Waals surface area contributed by atoms with Crippen molar-refractivity contribution in [3.05, 3.63) is 0 Å². The number of hydrogen-bond donors (Lipinski definition) is 1. The molecule has 1 fully saturated rings. The van der Waals surface area contributed by atoms with Gasteiger partial charge in [-0.3, -0.25) is 0 Å². The van der Waals surface area contributed by atoms with E-state index >= 15 is 0 Å². The Morgan fingerprint density at radius 2 is 1.86 bits per heavy atom. The maximum atomic E-state index is 4.47. The molecule has 2 unspecified atom stereocenters. The molecule has 1 saturated heterocycles. The van der Waals surface area contributed by atoms with E-state index in [4.69, 9.17) is 0 Å². The first kappa shape index (κ1) is 13.1. The maximum absolute atomic E-state index is 4.47. The molecule has 0 bridgehead atoms. The van der Waals surface area contributed by atoms with Crippen LogP contribution in [0.4, 0.5) is 0 Å². The Balaban J connectivity index is 1.84. The summed E-state index contributed by atoms with van der Waals surface area (Å²) in [6, 6.07) is 0. The molecule has 0 aromatic carbocycles. The van der Waals surface area contributed by atoms with Gasteiger partial charge in [-0.2, -0.15) is 12.6 Å². The minimum absolute atomic E-state index is 0.556. The van der Waals surface area contributed by atoms with Crippen molar-refractivity contribution in [1.82, 2.24) is 0 Å². The number of hydrogen-bond acceptors (Lipinski definition) is 3. The quantitative estimate of drug-likeness (QED) is 0.509. The standard InChI is InChI=1S/C11H22S3/c1-2-3-4-5-6-7-8-10-9-13-11(12)14-10/h10-12H,2-9H2,1H3. The van der Waals surface area contributed by atoms with Gasteiger partial charge >= 0.3 is 0 Å². The first-order valence-corrected chi connectivity index (χ1v) is 8.29. The van der Waals surface area contributed by atoms with E-state index in [1.807, 2.05) is 11.8 Å². The highest BCUT2D eigenvalue weighted by molar-refractivity contribution is 8.30. The van der Waals surface area contributed by atoms with Crippen LogP contribution < -0.4 is 0 Å². The molecule has 1 rings (SSSR count). The Bertz CT molecular complexity index is 138. The van der Waals surface area contributed by atoms with E-state index in [1.54, 1.807) is 0 Å². The molecular weight excluding hydrogens is 228 g/mol. The molecular formula is C11H22S3. The van der Waals surface area contributed by atoms with Crippen molar-refractivity contribution in [2.24, 2.45) is 0 Å². The lowest BCUT2D eigenvalue weighted by Crippen LogP contribution is -2.00. The van der Waals surface area contributed by atoms with Gasteiger partial charge in [0, 0.05) is 11.0 Å². The van der Waals surface area contributed by atoms with Gasteiger partial charge in [0.15, 0.2) is 0 Å². The van der Waals surface area contributed by atoms with E-state index in [2.05, 4.69) is 31.3 Å². The van der Waals surface area contributed by atoms with Crippen LogP contribution in [0, 0.1) is 0 Å². The molecule has 0 aliphatic carbocycles. The molecule has 1 aliphatic heterocycles. The van der Waals surface area contributed by atoms with Crippen LogP contribution in [0.5, 0.6) is 0 Å². The Morgan fingerprint density at radius 1 is 1.14 bits per heavy atom. The van der Waals surface area contributed by atoms with Crippen LogP contribution >= 0.6 is 36.2 Å². The Hall–Kier alpha value is 1.05. The summed E-state index contributed by atoms with van der Waals surface area (Å²) in [5.74, 6) is 1.33. The molecule has 84 valence electrons. The van der Waals surface area contributed by atoms with Crippen molar-refractivity contribution in [3.63, 3.8) is 0 Å². The topological polar surface area (TPSA) is 0 Å². The zero-order valence-electron chi connectivity index (χ0n) is 9.08. The van der Waals surface area contributed by atoms with Crippen molar-refractivity contribution in [2.75, 3.05) is 5.75 Å². The normalized spacial score (nSPS) is 27.0. The number of rotatable bonds is 7. The fourth-order valence-electron chi connectivity index (χ4n) is 1.74. The summed E-state index contributed by atoms with van der Waals surface area (Å²) in [5, 5.41) is 0.897. The van der Waals surface area contributed by atoms with E-state index in [1.165, 1.54) is 50.7 Å². The molecule has 0 nitrogen and oxygen atoms in total. The van der Waals surface area contributed by atoms with Crippen LogP contribution in [0.1, 0.15) is 51.9 Å². The Morgan fingerprint density at radius 3 is 2.50 bits per heavy atom. The number of thiol groups is 1. The van der Waals surface area contributed by atoms with Gasteiger partial charge < -0.3 is 0 Å². The Kier molecular flexibility index (Phi) is 7.71. The first-order chi connectivity index (χ1) is 6.83. The molecule has 0 amide bonds. The van der Waals surface area contributed by atoms with Crippen LogP contribution in [-0.4, -0.2) is 14.9 Å². The van der Waals surface area contributed by atoms with Crippen LogP contribution in [0.2, 0.25) is 0 Å². The smallest absolute Gasteiger partial charge is 0.0931 e. The van der Waals surface area contributed by atoms with Crippen molar-refractivity contribution in [2.45, 2.75) is 61.0 Å². The summed E-state index contributed by atoms with van der Waals surface area (Å²) < 4.78 is 0.556. The molecule has 1 heterocycles. The summed E-state index contributed by atoms with van der Waals surface area (Å²) in [5.41, 5.74) is 0. The third-order valence-corrected chi connectivity index (χ3v) is 6.28. The molecule has 3 heteroatoms. The summed E-state index contributed by atoms with van der Waals surface area (Å²) in [6.07, 6.45) is 9.96. The summed E-state index contributed by atoms with van der Waals surface area (Å²) in [4.78, 5) is 0. The molecule has 0 aromatic heterocycles. The molecule has 0 aromatic rings. The summed E-state index contributed by atoms with van der Waals surface area (Å²) in [6.45, 7) is 2.28. The van der Waals surface area contributed by atoms with E-state index in [9.17, 15) is 0 Å². The molecule has 0 N–H and O–H groups in total. The number of thioether (sulfide) groups is 2. The predicted molar refractivity (Wildman–Crippen MR) is 74.6 cm³/mol. The molecule has 0 spiro atoms. The fraction of sp³-hybridized carbons (Fsp3) is 1.00. The lowest BCUT2D eigenvalue weighted by molar-refractivity contribution is 0.590. The zero-order chi connectivity index (χ0) is 10.2. The van der Waals surface area contributed by atoms with E-state index in [0.29, 0.717) is 3.91 Å². The van der Waals surface area contributed by atoms with Gasteiger partial charge in [-0.05, 0) is 6.42 Å². The minimum Gasteiger partial charge on any atom is -0.154 e. The molecule has 2 atom stereocenters. The maximum Gasteiger partial charge on any atom is 0.0931 e. The van der Waals surface area contributed by atoms with Crippen molar-refractivity contribution in [1.29, 1.82) is 0 Å². The van der Waals surface area contributed by atoms with E-state index in [-0.39, 0.29) is 0 Å². The van der Waals surface area contributed by atoms with Gasteiger partial charge in [-0.15, -0.1) is 23.5 Å². The summed E-state index contributed by atoms with van der Waals surface area (Å²) in [7, 11) is 0. The molecule has 0 radical (unpaired) electrons. The second-order valence-corrected chi connectivity index (χ2v) is 8.02. The highest BCUT2D eigenvalue weighted by Crippen LogP contribution is 2.41. The van der Waals surface area contributed by atoms with Gasteiger partial charge in [-0.25, -0.2) is 0 Å². The van der Waals surface area contributed by atoms with Crippen LogP contribution in [0.25, 0.3) is 0 Å². The third kappa shape index (κ3) is 5.82. The van der Waals surface area contributed by atoms with Gasteiger partial charge in [0.1, 0.15) is 0 Å². The molecule has 1 aliphatic rings. The van der Waals surface area contributed by atoms with Crippen molar-refractivity contribution < 1.29 is 0 Å². The lowest BCUT2D eigenvalue weighted by Gasteiger charge is -2.07. The summed E-state index contributed by atoms with van der Waals surface area (Å²) >= 11 is 8.53. The van der Waals surface area contributed by atoms with Crippen molar-refractivity contribution in [3.8, 4) is 0 Å². The SMILES string of the molecule is CCCCCCCCC1CSC(S)S1. The second kappa shape index (κ2) is 8.23. The Labute approximate surface area is 103 Å². The van der Waals surface area contributed by atoms with Gasteiger partial charge in [-0.1, -0.05) is 45.4 Å². The zero-order valence-corrected chi connectivity index (χ0v) is 11.6. The van der Waals surface area contributed by atoms with Gasteiger partial charge in [0.05, 0.1) is 3.91 Å². The van der Waals surface area contributed by atoms with Crippen molar-refractivity contribution >= 4 is 36.2 Å². The van der Waals surface area contributed by atoms with Gasteiger partial charge in [0.2, 0.25) is 0 Å². The second-order valence-electron chi connectivity index (χ2n) is 3.95. The highest BCUT2D eigenvalue weighted by Gasteiger charge is 2.22. The number of unbranched alkanes of at least 4 members (excludes halogenated alkanes) is 5. The predicted octanol–water partition coefficient (Wildman–Crippen LogP) is 4.80. The largest absolute Gasteiger partial charge is 0.154 e. The van der Waals surface area contributed by atoms with E-state index in [0.717, 1.165) is 5.25 Å².